The molecular weight excluding hydrogens is 385 g/mol. The third-order valence-electron chi connectivity index (χ3n) is 6.53. The molecule has 30 heavy (non-hydrogen) atoms. The second-order valence-corrected chi connectivity index (χ2v) is 9.09. The van der Waals surface area contributed by atoms with E-state index in [-0.39, 0.29) is 30.3 Å². The van der Waals surface area contributed by atoms with Crippen molar-refractivity contribution in [1.29, 1.82) is 0 Å². The molecule has 2 heterocycles. The van der Waals surface area contributed by atoms with Crippen LogP contribution in [-0.4, -0.2) is 73.6 Å². The minimum absolute atomic E-state index is 0.0344. The van der Waals surface area contributed by atoms with Crippen LogP contribution in [0.25, 0.3) is 0 Å². The Bertz CT molecular complexity index is 775. The molecule has 2 saturated heterocycles. The van der Waals surface area contributed by atoms with Crippen LogP contribution in [-0.2, 0) is 9.53 Å². The number of nitrogens with one attached hydrogen (secondary N) is 1. The zero-order valence-corrected chi connectivity index (χ0v) is 17.7. The molecule has 4 rings (SSSR count). The van der Waals surface area contributed by atoms with Gasteiger partial charge in [0.1, 0.15) is 12.4 Å². The van der Waals surface area contributed by atoms with Crippen LogP contribution in [0.5, 0.6) is 0 Å². The lowest BCUT2D eigenvalue weighted by molar-refractivity contribution is -0.149. The van der Waals surface area contributed by atoms with Gasteiger partial charge in [-0.3, -0.25) is 9.59 Å². The van der Waals surface area contributed by atoms with Crippen LogP contribution in [0, 0.1) is 24.6 Å². The summed E-state index contributed by atoms with van der Waals surface area (Å²) in [5.74, 6) is 0.923. The molecule has 1 aromatic carbocycles. The Morgan fingerprint density at radius 1 is 1.17 bits per heavy atom. The fourth-order valence-electron chi connectivity index (χ4n) is 4.40. The first kappa shape index (κ1) is 21.2. The monoisotopic (exact) mass is 417 g/mol. The fourth-order valence-corrected chi connectivity index (χ4v) is 4.40. The molecule has 2 amide bonds. The highest BCUT2D eigenvalue weighted by molar-refractivity contribution is 5.94. The van der Waals surface area contributed by atoms with Crippen molar-refractivity contribution in [2.24, 2.45) is 11.8 Å². The number of nitrogens with zero attached hydrogens (tertiary/aromatic N) is 2. The van der Waals surface area contributed by atoms with E-state index in [0.717, 1.165) is 38.4 Å². The van der Waals surface area contributed by atoms with Gasteiger partial charge in [0.25, 0.3) is 5.91 Å². The first-order chi connectivity index (χ1) is 14.5. The summed E-state index contributed by atoms with van der Waals surface area (Å²) < 4.78 is 19.0. The summed E-state index contributed by atoms with van der Waals surface area (Å²) in [6, 6.07) is 4.32. The molecule has 0 radical (unpaired) electrons. The Balaban J connectivity index is 1.22. The van der Waals surface area contributed by atoms with E-state index in [9.17, 15) is 14.0 Å². The van der Waals surface area contributed by atoms with Crippen molar-refractivity contribution in [3.63, 3.8) is 0 Å². The molecule has 0 spiro atoms. The predicted molar refractivity (Wildman–Crippen MR) is 112 cm³/mol. The normalized spacial score (nSPS) is 23.6. The number of hydrogen-bond donors (Lipinski definition) is 1. The average Bonchev–Trinajstić information content (AvgIpc) is 3.56. The number of halogens is 1. The Morgan fingerprint density at radius 2 is 1.90 bits per heavy atom. The topological polar surface area (TPSA) is 61.9 Å². The summed E-state index contributed by atoms with van der Waals surface area (Å²) in [7, 11) is 0. The third kappa shape index (κ3) is 5.58. The van der Waals surface area contributed by atoms with Crippen LogP contribution >= 0.6 is 0 Å². The molecule has 0 bridgehead atoms. The molecule has 1 atom stereocenters. The van der Waals surface area contributed by atoms with Crippen molar-refractivity contribution in [2.75, 3.05) is 45.9 Å². The number of morpholine rings is 1. The van der Waals surface area contributed by atoms with E-state index in [4.69, 9.17) is 4.74 Å². The first-order valence-electron chi connectivity index (χ1n) is 11.1. The van der Waals surface area contributed by atoms with Crippen molar-refractivity contribution in [1.82, 2.24) is 15.1 Å². The maximum atomic E-state index is 13.4. The lowest BCUT2D eigenvalue weighted by Crippen LogP contribution is -2.52. The summed E-state index contributed by atoms with van der Waals surface area (Å²) >= 11 is 0. The molecule has 0 aromatic heterocycles. The number of likely N-dealkylation sites (tertiary alicyclic amines) is 1. The van der Waals surface area contributed by atoms with E-state index in [1.807, 2.05) is 4.90 Å². The summed E-state index contributed by atoms with van der Waals surface area (Å²) in [5, 5.41) is 2.85. The maximum absolute atomic E-state index is 13.4. The number of carbonyl (C=O) groups excluding carboxylic acids is 2. The number of benzene rings is 1. The molecule has 3 fully saturated rings. The molecule has 7 heteroatoms. The van der Waals surface area contributed by atoms with Crippen LogP contribution in [0.2, 0.25) is 0 Å². The number of amides is 2. The zero-order valence-electron chi connectivity index (χ0n) is 17.7. The zero-order chi connectivity index (χ0) is 21.1. The van der Waals surface area contributed by atoms with Gasteiger partial charge in [0.2, 0.25) is 5.91 Å². The molecule has 1 unspecified atom stereocenters. The summed E-state index contributed by atoms with van der Waals surface area (Å²) in [6.45, 7) is 6.84. The van der Waals surface area contributed by atoms with E-state index in [2.05, 4.69) is 10.2 Å². The van der Waals surface area contributed by atoms with E-state index >= 15 is 0 Å². The Hall–Kier alpha value is -1.99. The summed E-state index contributed by atoms with van der Waals surface area (Å²) in [4.78, 5) is 29.2. The van der Waals surface area contributed by atoms with E-state index in [0.29, 0.717) is 30.1 Å². The Kier molecular flexibility index (Phi) is 6.68. The average molecular weight is 418 g/mol. The van der Waals surface area contributed by atoms with Crippen LogP contribution in [0.15, 0.2) is 18.2 Å². The molecule has 1 aliphatic carbocycles. The molecule has 164 valence electrons. The SMILES string of the molecule is Cc1cc(C(=O)NCC2CN(CC3CCN(CC4CC4)CC3)C(=O)CO2)ccc1F. The highest BCUT2D eigenvalue weighted by atomic mass is 19.1. The van der Waals surface area contributed by atoms with Gasteiger partial charge in [0.05, 0.1) is 6.10 Å². The van der Waals surface area contributed by atoms with Gasteiger partial charge in [-0.25, -0.2) is 4.39 Å². The number of ether oxygens (including phenoxy) is 1. The van der Waals surface area contributed by atoms with Crippen molar-refractivity contribution >= 4 is 11.8 Å². The van der Waals surface area contributed by atoms with Gasteiger partial charge in [-0.2, -0.15) is 0 Å². The van der Waals surface area contributed by atoms with Gasteiger partial charge in [0, 0.05) is 31.7 Å². The van der Waals surface area contributed by atoms with Crippen LogP contribution in [0.1, 0.15) is 41.6 Å². The number of aryl methyl sites for hydroxylation is 1. The molecule has 1 aromatic rings. The van der Waals surface area contributed by atoms with Crippen molar-refractivity contribution in [3.8, 4) is 0 Å². The summed E-state index contributed by atoms with van der Waals surface area (Å²) in [5.41, 5.74) is 0.868. The highest BCUT2D eigenvalue weighted by Gasteiger charge is 2.31. The van der Waals surface area contributed by atoms with Gasteiger partial charge in [0.15, 0.2) is 0 Å². The number of rotatable bonds is 7. The fraction of sp³-hybridized carbons (Fsp3) is 0.652. The molecule has 1 N–H and O–H groups in total. The number of hydrogen-bond acceptors (Lipinski definition) is 4. The van der Waals surface area contributed by atoms with Gasteiger partial charge in [-0.15, -0.1) is 0 Å². The van der Waals surface area contributed by atoms with Crippen molar-refractivity contribution in [3.05, 3.63) is 35.1 Å². The Labute approximate surface area is 177 Å². The molecule has 1 saturated carbocycles. The van der Waals surface area contributed by atoms with Gasteiger partial charge < -0.3 is 19.9 Å². The van der Waals surface area contributed by atoms with Gasteiger partial charge in [-0.1, -0.05) is 0 Å². The second kappa shape index (κ2) is 9.43. The van der Waals surface area contributed by atoms with E-state index < -0.39 is 0 Å². The first-order valence-corrected chi connectivity index (χ1v) is 11.1. The Morgan fingerprint density at radius 3 is 2.60 bits per heavy atom. The minimum atomic E-state index is -0.324. The van der Waals surface area contributed by atoms with Crippen LogP contribution < -0.4 is 5.32 Å². The standard InChI is InChI=1S/C23H32FN3O3/c1-16-10-19(4-5-21(16)24)23(29)25-11-20-14-27(22(28)15-30-20)13-18-6-8-26(9-7-18)12-17-2-3-17/h4-5,10,17-18,20H,2-3,6-9,11-15H2,1H3,(H,25,29). The maximum Gasteiger partial charge on any atom is 0.251 e. The number of carbonyl (C=O) groups is 2. The predicted octanol–water partition coefficient (Wildman–Crippen LogP) is 2.21. The quantitative estimate of drug-likeness (QED) is 0.739. The van der Waals surface area contributed by atoms with Crippen molar-refractivity contribution < 1.29 is 18.7 Å². The van der Waals surface area contributed by atoms with Gasteiger partial charge >= 0.3 is 0 Å². The molecule has 3 aliphatic rings. The number of piperidine rings is 1. The van der Waals surface area contributed by atoms with E-state index in [1.54, 1.807) is 6.92 Å². The second-order valence-electron chi connectivity index (χ2n) is 9.09. The van der Waals surface area contributed by atoms with Crippen LogP contribution in [0.3, 0.4) is 0 Å². The lowest BCUT2D eigenvalue weighted by atomic mass is 9.95. The van der Waals surface area contributed by atoms with Gasteiger partial charge in [-0.05, 0) is 81.3 Å². The third-order valence-corrected chi connectivity index (χ3v) is 6.53. The largest absolute Gasteiger partial charge is 0.365 e. The minimum Gasteiger partial charge on any atom is -0.365 e. The van der Waals surface area contributed by atoms with Crippen molar-refractivity contribution in [2.45, 2.75) is 38.7 Å². The smallest absolute Gasteiger partial charge is 0.251 e. The molecule has 2 aliphatic heterocycles. The summed E-state index contributed by atoms with van der Waals surface area (Å²) in [6.07, 6.45) is 4.84. The van der Waals surface area contributed by atoms with Crippen LogP contribution in [0.4, 0.5) is 4.39 Å². The highest BCUT2D eigenvalue weighted by Crippen LogP contribution is 2.31. The van der Waals surface area contributed by atoms with E-state index in [1.165, 1.54) is 37.6 Å². The lowest BCUT2D eigenvalue weighted by Gasteiger charge is -2.38. The molecular formula is C23H32FN3O3. The molecule has 6 nitrogen and oxygen atoms in total.